The number of benzene rings is 2. The molecule has 0 aliphatic carbocycles. The molecule has 0 aromatic heterocycles. The molecule has 0 radical (unpaired) electrons. The zero-order valence-corrected chi connectivity index (χ0v) is 13.0. The third-order valence-electron chi connectivity index (χ3n) is 3.74. The molecule has 2 aromatic carbocycles. The molecule has 0 amide bonds. The lowest BCUT2D eigenvalue weighted by molar-refractivity contribution is 0.00135. The molecule has 1 aliphatic heterocycles. The molecule has 6 heteroatoms. The number of fused-ring (bicyclic) bond motifs is 1. The lowest BCUT2D eigenvalue weighted by atomic mass is 10.1. The lowest BCUT2D eigenvalue weighted by Crippen LogP contribution is -2.34. The van der Waals surface area contributed by atoms with Gasteiger partial charge in [0.1, 0.15) is 6.61 Å². The van der Waals surface area contributed by atoms with Crippen molar-refractivity contribution in [1.82, 2.24) is 0 Å². The van der Waals surface area contributed by atoms with E-state index in [0.717, 1.165) is 5.56 Å². The van der Waals surface area contributed by atoms with Crippen molar-refractivity contribution in [3.8, 4) is 11.5 Å². The monoisotopic (exact) mass is 330 g/mol. The van der Waals surface area contributed by atoms with E-state index in [4.69, 9.17) is 14.2 Å². The fourth-order valence-electron chi connectivity index (χ4n) is 2.55. The van der Waals surface area contributed by atoms with E-state index in [1.807, 2.05) is 30.3 Å². The van der Waals surface area contributed by atoms with Gasteiger partial charge >= 0.3 is 5.97 Å². The van der Waals surface area contributed by atoms with Crippen molar-refractivity contribution >= 4 is 5.97 Å². The fraction of sp³-hybridized carbons (Fsp3) is 0.278. The molecule has 0 bridgehead atoms. The molecule has 126 valence electrons. The molecule has 0 saturated carbocycles. The average Bonchev–Trinajstić information content (AvgIpc) is 2.61. The van der Waals surface area contributed by atoms with Gasteiger partial charge in [0.05, 0.1) is 25.4 Å². The Labute approximate surface area is 139 Å². The van der Waals surface area contributed by atoms with Crippen molar-refractivity contribution in [1.29, 1.82) is 0 Å². The molecular formula is C18H18O6. The summed E-state index contributed by atoms with van der Waals surface area (Å²) in [5.74, 6) is -0.409. The normalized spacial score (nSPS) is 16.0. The van der Waals surface area contributed by atoms with Crippen LogP contribution in [0.2, 0.25) is 0 Å². The van der Waals surface area contributed by atoms with Gasteiger partial charge in [-0.1, -0.05) is 30.3 Å². The van der Waals surface area contributed by atoms with Gasteiger partial charge in [-0.15, -0.1) is 0 Å². The first-order valence-corrected chi connectivity index (χ1v) is 7.60. The van der Waals surface area contributed by atoms with Crippen LogP contribution in [-0.2, 0) is 18.0 Å². The Hall–Kier alpha value is -2.57. The van der Waals surface area contributed by atoms with Crippen molar-refractivity contribution in [3.05, 3.63) is 59.2 Å². The Morgan fingerprint density at radius 1 is 1.21 bits per heavy atom. The Bertz CT molecular complexity index is 713. The standard InChI is InChI=1S/C18H18O6/c19-8-15-14(18(20)21)6-7-16-17(15)24-13(11-23-16)10-22-9-12-4-2-1-3-5-12/h1-7,13,19H,8-11H2,(H,20,21). The summed E-state index contributed by atoms with van der Waals surface area (Å²) in [4.78, 5) is 11.2. The highest BCUT2D eigenvalue weighted by Crippen LogP contribution is 2.37. The number of hydrogen-bond acceptors (Lipinski definition) is 5. The predicted octanol–water partition coefficient (Wildman–Crippen LogP) is 2.23. The molecule has 0 fully saturated rings. The molecule has 0 spiro atoms. The van der Waals surface area contributed by atoms with E-state index in [1.54, 1.807) is 6.07 Å². The summed E-state index contributed by atoms with van der Waals surface area (Å²) >= 11 is 0. The highest BCUT2D eigenvalue weighted by atomic mass is 16.6. The van der Waals surface area contributed by atoms with Gasteiger partial charge in [0.25, 0.3) is 0 Å². The number of carboxylic acid groups (broad SMARTS) is 1. The van der Waals surface area contributed by atoms with E-state index in [1.165, 1.54) is 6.07 Å². The van der Waals surface area contributed by atoms with Crippen LogP contribution in [0.15, 0.2) is 42.5 Å². The van der Waals surface area contributed by atoms with Gasteiger partial charge in [0.2, 0.25) is 0 Å². The summed E-state index contributed by atoms with van der Waals surface area (Å²) in [6, 6.07) is 12.7. The molecule has 1 aliphatic rings. The first-order chi connectivity index (χ1) is 11.7. The van der Waals surface area contributed by atoms with Crippen LogP contribution in [-0.4, -0.2) is 35.5 Å². The van der Waals surface area contributed by atoms with Crippen LogP contribution in [0, 0.1) is 0 Å². The van der Waals surface area contributed by atoms with E-state index in [0.29, 0.717) is 25.6 Å². The van der Waals surface area contributed by atoms with Crippen LogP contribution in [0.4, 0.5) is 0 Å². The second kappa shape index (κ2) is 7.33. The molecule has 1 heterocycles. The van der Waals surface area contributed by atoms with E-state index in [2.05, 4.69) is 0 Å². The van der Waals surface area contributed by atoms with Gasteiger partial charge in [0, 0.05) is 5.56 Å². The number of carboxylic acids is 1. The molecule has 24 heavy (non-hydrogen) atoms. The molecule has 6 nitrogen and oxygen atoms in total. The van der Waals surface area contributed by atoms with E-state index in [-0.39, 0.29) is 23.0 Å². The van der Waals surface area contributed by atoms with E-state index < -0.39 is 12.6 Å². The van der Waals surface area contributed by atoms with Crippen molar-refractivity contribution in [2.45, 2.75) is 19.3 Å². The minimum Gasteiger partial charge on any atom is -0.486 e. The Morgan fingerprint density at radius 2 is 2.00 bits per heavy atom. The molecule has 2 aromatic rings. The highest BCUT2D eigenvalue weighted by Gasteiger charge is 2.27. The van der Waals surface area contributed by atoms with Gasteiger partial charge in [-0.2, -0.15) is 0 Å². The Balaban J connectivity index is 1.67. The molecule has 1 atom stereocenters. The summed E-state index contributed by atoms with van der Waals surface area (Å²) in [6.45, 7) is 0.622. The van der Waals surface area contributed by atoms with E-state index in [9.17, 15) is 15.0 Å². The fourth-order valence-corrected chi connectivity index (χ4v) is 2.55. The van der Waals surface area contributed by atoms with Crippen molar-refractivity contribution in [3.63, 3.8) is 0 Å². The lowest BCUT2D eigenvalue weighted by Gasteiger charge is -2.28. The van der Waals surface area contributed by atoms with Gasteiger partial charge in [0.15, 0.2) is 17.6 Å². The third kappa shape index (κ3) is 3.50. The minimum atomic E-state index is -1.12. The second-order valence-electron chi connectivity index (χ2n) is 5.43. The van der Waals surface area contributed by atoms with Crippen LogP contribution in [0.1, 0.15) is 21.5 Å². The van der Waals surface area contributed by atoms with Gasteiger partial charge in [-0.05, 0) is 17.7 Å². The SMILES string of the molecule is O=C(O)c1ccc2c(c1CO)OC(COCc1ccccc1)CO2. The predicted molar refractivity (Wildman–Crippen MR) is 85.3 cm³/mol. The Kier molecular flexibility index (Phi) is 4.98. The Morgan fingerprint density at radius 3 is 2.71 bits per heavy atom. The zero-order chi connectivity index (χ0) is 16.9. The number of carbonyl (C=O) groups is 1. The van der Waals surface area contributed by atoms with Crippen molar-refractivity contribution in [2.24, 2.45) is 0 Å². The first-order valence-electron chi connectivity index (χ1n) is 7.60. The number of aliphatic hydroxyl groups excluding tert-OH is 1. The molecule has 1 unspecified atom stereocenters. The number of ether oxygens (including phenoxy) is 3. The third-order valence-corrected chi connectivity index (χ3v) is 3.74. The topological polar surface area (TPSA) is 85.2 Å². The van der Waals surface area contributed by atoms with Crippen molar-refractivity contribution in [2.75, 3.05) is 13.2 Å². The number of rotatable bonds is 6. The molecule has 3 rings (SSSR count). The minimum absolute atomic E-state index is 0.00528. The number of aliphatic hydroxyl groups is 1. The smallest absolute Gasteiger partial charge is 0.336 e. The van der Waals surface area contributed by atoms with Gasteiger partial charge in [-0.3, -0.25) is 0 Å². The summed E-state index contributed by atoms with van der Waals surface area (Å²) in [5.41, 5.74) is 1.28. The maximum Gasteiger partial charge on any atom is 0.336 e. The van der Waals surface area contributed by atoms with E-state index >= 15 is 0 Å². The average molecular weight is 330 g/mol. The number of aromatic carboxylic acids is 1. The second-order valence-corrected chi connectivity index (χ2v) is 5.43. The molecular weight excluding hydrogens is 312 g/mol. The largest absolute Gasteiger partial charge is 0.486 e. The quantitative estimate of drug-likeness (QED) is 0.845. The van der Waals surface area contributed by atoms with Crippen LogP contribution in [0.5, 0.6) is 11.5 Å². The van der Waals surface area contributed by atoms with Crippen LogP contribution in [0.3, 0.4) is 0 Å². The maximum atomic E-state index is 11.2. The van der Waals surface area contributed by atoms with Crippen LogP contribution >= 0.6 is 0 Å². The molecule has 0 saturated heterocycles. The maximum absolute atomic E-state index is 11.2. The summed E-state index contributed by atoms with van der Waals surface area (Å²) < 4.78 is 17.1. The van der Waals surface area contributed by atoms with Crippen LogP contribution < -0.4 is 9.47 Å². The first kappa shape index (κ1) is 16.3. The zero-order valence-electron chi connectivity index (χ0n) is 13.0. The number of hydrogen-bond donors (Lipinski definition) is 2. The highest BCUT2D eigenvalue weighted by molar-refractivity contribution is 5.90. The summed E-state index contributed by atoms with van der Waals surface area (Å²) in [7, 11) is 0. The van der Waals surface area contributed by atoms with Crippen LogP contribution in [0.25, 0.3) is 0 Å². The van der Waals surface area contributed by atoms with Gasteiger partial charge in [-0.25, -0.2) is 4.79 Å². The molecule has 2 N–H and O–H groups in total. The summed E-state index contributed by atoms with van der Waals surface area (Å²) in [5, 5.41) is 18.7. The summed E-state index contributed by atoms with van der Waals surface area (Å²) in [6.07, 6.45) is -0.365. The van der Waals surface area contributed by atoms with Gasteiger partial charge < -0.3 is 24.4 Å². The van der Waals surface area contributed by atoms with Crippen molar-refractivity contribution < 1.29 is 29.2 Å².